The maximum Gasteiger partial charge on any atom is 0.310 e. The molecule has 3 aromatic carbocycles. The first-order valence-electron chi connectivity index (χ1n) is 13.2. The first-order valence-corrected chi connectivity index (χ1v) is 13.2. The van der Waals surface area contributed by atoms with Gasteiger partial charge < -0.3 is 19.9 Å². The second kappa shape index (κ2) is 12.0. The van der Waals surface area contributed by atoms with Gasteiger partial charge >= 0.3 is 5.97 Å². The number of hydrogen-bond acceptors (Lipinski definition) is 6. The Labute approximate surface area is 229 Å². The lowest BCUT2D eigenvalue weighted by Crippen LogP contribution is -2.16. The van der Waals surface area contributed by atoms with Crippen molar-refractivity contribution in [2.45, 2.75) is 59.8 Å². The number of ether oxygens (including phenoxy) is 3. The summed E-state index contributed by atoms with van der Waals surface area (Å²) in [7, 11) is 0. The molecular formula is C31H36N4O4. The van der Waals surface area contributed by atoms with Gasteiger partial charge in [-0.05, 0) is 64.4 Å². The Hall–Kier alpha value is -4.33. The zero-order chi connectivity index (χ0) is 28.1. The number of nitrogen functional groups attached to an aromatic ring is 1. The van der Waals surface area contributed by atoms with E-state index in [1.165, 1.54) is 0 Å². The fraction of sp³-hybridized carbons (Fsp3) is 0.323. The highest BCUT2D eigenvalue weighted by Crippen LogP contribution is 2.36. The van der Waals surface area contributed by atoms with Crippen molar-refractivity contribution in [1.29, 1.82) is 5.41 Å². The van der Waals surface area contributed by atoms with Crippen LogP contribution in [0, 0.1) is 5.41 Å². The van der Waals surface area contributed by atoms with Gasteiger partial charge in [0.05, 0.1) is 30.2 Å². The molecule has 1 heterocycles. The van der Waals surface area contributed by atoms with Gasteiger partial charge in [-0.25, -0.2) is 0 Å². The van der Waals surface area contributed by atoms with E-state index < -0.39 is 0 Å². The molecule has 204 valence electrons. The first-order chi connectivity index (χ1) is 18.7. The monoisotopic (exact) mass is 528 g/mol. The summed E-state index contributed by atoms with van der Waals surface area (Å²) in [6.45, 7) is 10.4. The third kappa shape index (κ3) is 6.22. The number of fused-ring (bicyclic) bond motifs is 1. The van der Waals surface area contributed by atoms with E-state index in [1.807, 2.05) is 61.0 Å². The summed E-state index contributed by atoms with van der Waals surface area (Å²) in [5, 5.41) is 13.9. The van der Waals surface area contributed by atoms with Crippen LogP contribution in [-0.2, 0) is 22.6 Å². The normalized spacial score (nSPS) is 11.3. The van der Waals surface area contributed by atoms with Gasteiger partial charge in [0.1, 0.15) is 29.6 Å². The number of aromatic nitrogens is 2. The molecule has 0 unspecified atom stereocenters. The van der Waals surface area contributed by atoms with Crippen molar-refractivity contribution in [3.63, 3.8) is 0 Å². The Morgan fingerprint density at radius 2 is 1.82 bits per heavy atom. The van der Waals surface area contributed by atoms with E-state index in [0.29, 0.717) is 23.7 Å². The smallest absolute Gasteiger partial charge is 0.310 e. The van der Waals surface area contributed by atoms with Gasteiger partial charge in [-0.3, -0.25) is 14.9 Å². The average Bonchev–Trinajstić information content (AvgIpc) is 3.26. The fourth-order valence-electron chi connectivity index (χ4n) is 4.52. The van der Waals surface area contributed by atoms with Crippen LogP contribution in [0.1, 0.15) is 57.5 Å². The molecule has 0 radical (unpaired) electrons. The van der Waals surface area contributed by atoms with Crippen molar-refractivity contribution in [3.8, 4) is 22.6 Å². The molecule has 0 amide bonds. The number of esters is 1. The highest BCUT2D eigenvalue weighted by Gasteiger charge is 2.19. The molecule has 1 aromatic heterocycles. The number of nitrogens with zero attached hydrogens (tertiary/aromatic N) is 2. The van der Waals surface area contributed by atoms with Gasteiger partial charge in [-0.2, -0.15) is 5.10 Å². The highest BCUT2D eigenvalue weighted by atomic mass is 16.5. The largest absolute Gasteiger partial charge is 0.490 e. The highest BCUT2D eigenvalue weighted by molar-refractivity contribution is 6.00. The molecule has 0 bridgehead atoms. The van der Waals surface area contributed by atoms with Crippen LogP contribution in [0.15, 0.2) is 60.7 Å². The van der Waals surface area contributed by atoms with E-state index in [1.54, 1.807) is 13.0 Å². The summed E-state index contributed by atoms with van der Waals surface area (Å²) < 4.78 is 19.5. The number of nitrogens with two attached hydrogens (primary N) is 1. The van der Waals surface area contributed by atoms with Crippen molar-refractivity contribution in [2.24, 2.45) is 5.73 Å². The second-order valence-corrected chi connectivity index (χ2v) is 9.86. The van der Waals surface area contributed by atoms with E-state index >= 15 is 0 Å². The van der Waals surface area contributed by atoms with Crippen LogP contribution < -0.4 is 15.2 Å². The predicted octanol–water partition coefficient (Wildman–Crippen LogP) is 6.04. The molecular weight excluding hydrogens is 492 g/mol. The zero-order valence-corrected chi connectivity index (χ0v) is 23.2. The molecule has 4 rings (SSSR count). The van der Waals surface area contributed by atoms with Gasteiger partial charge in [-0.15, -0.1) is 0 Å². The standard InChI is InChI=1S/C31H36N4O4/c1-6-37-29(36)17-22-10-7-8-13-28(22)38-18-26-25-16-21(14-15-27(25)35(34-26)19(2)3)23-11-9-12-24(31(32)33)30(23)39-20(4)5/h7-16,19-20H,6,17-18H2,1-5H3,(H3,32,33). The molecule has 0 aliphatic carbocycles. The Morgan fingerprint density at radius 3 is 2.51 bits per heavy atom. The van der Waals surface area contributed by atoms with Crippen molar-refractivity contribution < 1.29 is 19.0 Å². The minimum absolute atomic E-state index is 0.0446. The third-order valence-electron chi connectivity index (χ3n) is 6.22. The topological polar surface area (TPSA) is 112 Å². The van der Waals surface area contributed by atoms with Crippen LogP contribution >= 0.6 is 0 Å². The number of amidine groups is 1. The van der Waals surface area contributed by atoms with E-state index in [9.17, 15) is 4.79 Å². The molecule has 0 aliphatic rings. The predicted molar refractivity (Wildman–Crippen MR) is 153 cm³/mol. The first kappa shape index (κ1) is 27.7. The van der Waals surface area contributed by atoms with Crippen LogP contribution in [0.3, 0.4) is 0 Å². The number of carbonyl (C=O) groups is 1. The second-order valence-electron chi connectivity index (χ2n) is 9.86. The Kier molecular flexibility index (Phi) is 8.54. The van der Waals surface area contributed by atoms with Gasteiger partial charge in [0.25, 0.3) is 0 Å². The Balaban J connectivity index is 1.75. The van der Waals surface area contributed by atoms with Crippen LogP contribution in [0.4, 0.5) is 0 Å². The molecule has 0 saturated heterocycles. The van der Waals surface area contributed by atoms with E-state index in [2.05, 4.69) is 26.0 Å². The van der Waals surface area contributed by atoms with Crippen molar-refractivity contribution >= 4 is 22.7 Å². The number of benzene rings is 3. The third-order valence-corrected chi connectivity index (χ3v) is 6.22. The summed E-state index contributed by atoms with van der Waals surface area (Å²) in [6, 6.07) is 19.4. The average molecular weight is 529 g/mol. The van der Waals surface area contributed by atoms with Gasteiger partial charge in [0.2, 0.25) is 0 Å². The molecule has 0 aliphatic heterocycles. The van der Waals surface area contributed by atoms with Crippen molar-refractivity contribution in [3.05, 3.63) is 77.5 Å². The molecule has 3 N–H and O–H groups in total. The molecule has 0 atom stereocenters. The fourth-order valence-corrected chi connectivity index (χ4v) is 4.52. The summed E-state index contributed by atoms with van der Waals surface area (Å²) in [5.74, 6) is 0.869. The molecule has 0 spiro atoms. The number of carbonyl (C=O) groups excluding carboxylic acids is 1. The lowest BCUT2D eigenvalue weighted by Gasteiger charge is -2.18. The Bertz CT molecular complexity index is 1490. The van der Waals surface area contributed by atoms with E-state index in [-0.39, 0.29) is 37.0 Å². The maximum atomic E-state index is 12.1. The van der Waals surface area contributed by atoms with Crippen molar-refractivity contribution in [2.75, 3.05) is 6.61 Å². The van der Waals surface area contributed by atoms with Crippen molar-refractivity contribution in [1.82, 2.24) is 9.78 Å². The summed E-state index contributed by atoms with van der Waals surface area (Å²) in [4.78, 5) is 12.1. The summed E-state index contributed by atoms with van der Waals surface area (Å²) in [5.41, 5.74) is 10.7. The Morgan fingerprint density at radius 1 is 1.05 bits per heavy atom. The lowest BCUT2D eigenvalue weighted by atomic mass is 9.99. The number of rotatable bonds is 11. The lowest BCUT2D eigenvalue weighted by molar-refractivity contribution is -0.142. The van der Waals surface area contributed by atoms with Crippen LogP contribution in [-0.4, -0.2) is 34.3 Å². The zero-order valence-electron chi connectivity index (χ0n) is 23.2. The molecule has 0 saturated carbocycles. The number of hydrogen-bond donors (Lipinski definition) is 2. The number of nitrogens with one attached hydrogen (secondary N) is 1. The van der Waals surface area contributed by atoms with E-state index in [0.717, 1.165) is 33.3 Å². The van der Waals surface area contributed by atoms with Crippen LogP contribution in [0.5, 0.6) is 11.5 Å². The maximum absolute atomic E-state index is 12.1. The summed E-state index contributed by atoms with van der Waals surface area (Å²) in [6.07, 6.45) is 0.0517. The van der Waals surface area contributed by atoms with E-state index in [4.69, 9.17) is 30.5 Å². The molecule has 0 fully saturated rings. The SMILES string of the molecule is CCOC(=O)Cc1ccccc1OCc1nn(C(C)C)c2ccc(-c3cccc(C(=N)N)c3OC(C)C)cc12. The van der Waals surface area contributed by atoms with Gasteiger partial charge in [-0.1, -0.05) is 36.4 Å². The summed E-state index contributed by atoms with van der Waals surface area (Å²) >= 11 is 0. The van der Waals surface area contributed by atoms with Gasteiger partial charge in [0.15, 0.2) is 0 Å². The minimum Gasteiger partial charge on any atom is -0.490 e. The number of para-hydroxylation sites is 2. The quantitative estimate of drug-likeness (QED) is 0.139. The van der Waals surface area contributed by atoms with Crippen LogP contribution in [0.2, 0.25) is 0 Å². The van der Waals surface area contributed by atoms with Crippen LogP contribution in [0.25, 0.3) is 22.0 Å². The molecule has 39 heavy (non-hydrogen) atoms. The molecule has 8 nitrogen and oxygen atoms in total. The molecule has 8 heteroatoms. The van der Waals surface area contributed by atoms with Gasteiger partial charge in [0, 0.05) is 22.6 Å². The minimum atomic E-state index is -0.292. The molecule has 4 aromatic rings.